The maximum absolute atomic E-state index is 5.80. The topological polar surface area (TPSA) is 24.5 Å². The Labute approximate surface area is 140 Å². The maximum atomic E-state index is 5.80. The molecular formula is C20H28N2O. The minimum absolute atomic E-state index is 0.861. The normalized spacial score (nSPS) is 10.7. The third-order valence-electron chi connectivity index (χ3n) is 3.67. The van der Waals surface area contributed by atoms with Gasteiger partial charge >= 0.3 is 0 Å². The molecule has 124 valence electrons. The van der Waals surface area contributed by atoms with E-state index in [4.69, 9.17) is 4.74 Å². The van der Waals surface area contributed by atoms with Crippen LogP contribution in [0.3, 0.4) is 0 Å². The molecule has 2 rings (SSSR count). The molecule has 0 aliphatic carbocycles. The molecule has 0 radical (unpaired) electrons. The molecule has 0 spiro atoms. The third kappa shape index (κ3) is 6.33. The Morgan fingerprint density at radius 3 is 2.00 bits per heavy atom. The summed E-state index contributed by atoms with van der Waals surface area (Å²) < 4.78 is 5.80. The fraction of sp³-hybridized carbons (Fsp3) is 0.400. The van der Waals surface area contributed by atoms with Crippen LogP contribution >= 0.6 is 0 Å². The highest BCUT2D eigenvalue weighted by Gasteiger charge is 2.02. The molecule has 0 fully saturated rings. The van der Waals surface area contributed by atoms with E-state index in [9.17, 15) is 0 Å². The summed E-state index contributed by atoms with van der Waals surface area (Å²) in [6.45, 7) is 8.89. The number of anilines is 1. The van der Waals surface area contributed by atoms with Crippen molar-refractivity contribution in [2.24, 2.45) is 0 Å². The lowest BCUT2D eigenvalue weighted by atomic mass is 10.3. The number of nitrogens with one attached hydrogen (secondary N) is 1. The van der Waals surface area contributed by atoms with Gasteiger partial charge in [-0.3, -0.25) is 0 Å². The van der Waals surface area contributed by atoms with Crippen molar-refractivity contribution < 1.29 is 4.74 Å². The predicted molar refractivity (Wildman–Crippen MR) is 98.5 cm³/mol. The van der Waals surface area contributed by atoms with Gasteiger partial charge in [-0.05, 0) is 62.3 Å². The number of nitrogens with zero attached hydrogens (tertiary/aromatic N) is 1. The van der Waals surface area contributed by atoms with Crippen LogP contribution in [0.5, 0.6) is 11.5 Å². The van der Waals surface area contributed by atoms with Crippen LogP contribution in [0.25, 0.3) is 0 Å². The number of hydrogen-bond donors (Lipinski definition) is 1. The Kier molecular flexibility index (Phi) is 7.47. The molecular weight excluding hydrogens is 284 g/mol. The van der Waals surface area contributed by atoms with Crippen molar-refractivity contribution in [3.05, 3.63) is 54.6 Å². The lowest BCUT2D eigenvalue weighted by Gasteiger charge is -2.21. The first-order valence-electron chi connectivity index (χ1n) is 8.61. The number of ether oxygens (including phenoxy) is 1. The Balaban J connectivity index is 1.78. The molecule has 3 heteroatoms. The van der Waals surface area contributed by atoms with Gasteiger partial charge in [0, 0.05) is 18.8 Å². The zero-order valence-electron chi connectivity index (χ0n) is 14.3. The minimum Gasteiger partial charge on any atom is -0.457 e. The fourth-order valence-electron chi connectivity index (χ4n) is 2.59. The van der Waals surface area contributed by atoms with Crippen molar-refractivity contribution in [1.82, 2.24) is 4.90 Å². The largest absolute Gasteiger partial charge is 0.457 e. The van der Waals surface area contributed by atoms with Crippen LogP contribution in [0.4, 0.5) is 5.69 Å². The smallest absolute Gasteiger partial charge is 0.127 e. The molecule has 0 amide bonds. The van der Waals surface area contributed by atoms with E-state index in [1.165, 1.54) is 25.9 Å². The average molecular weight is 312 g/mol. The van der Waals surface area contributed by atoms with E-state index in [1.807, 2.05) is 42.5 Å². The Morgan fingerprint density at radius 2 is 1.39 bits per heavy atom. The van der Waals surface area contributed by atoms with E-state index in [0.717, 1.165) is 30.3 Å². The molecule has 2 aromatic carbocycles. The molecule has 1 N–H and O–H groups in total. The predicted octanol–water partition coefficient (Wildman–Crippen LogP) is 5.01. The zero-order valence-corrected chi connectivity index (χ0v) is 14.3. The molecule has 0 aliphatic rings. The fourth-order valence-corrected chi connectivity index (χ4v) is 2.59. The molecule has 23 heavy (non-hydrogen) atoms. The summed E-state index contributed by atoms with van der Waals surface area (Å²) >= 11 is 0. The lowest BCUT2D eigenvalue weighted by Crippen LogP contribution is -2.30. The van der Waals surface area contributed by atoms with Crippen molar-refractivity contribution in [3.63, 3.8) is 0 Å². The summed E-state index contributed by atoms with van der Waals surface area (Å²) in [6.07, 6.45) is 2.43. The Hall–Kier alpha value is -2.00. The van der Waals surface area contributed by atoms with Crippen LogP contribution in [0.15, 0.2) is 54.6 Å². The van der Waals surface area contributed by atoms with Crippen LogP contribution in [-0.4, -0.2) is 31.1 Å². The van der Waals surface area contributed by atoms with Gasteiger partial charge in [-0.1, -0.05) is 32.0 Å². The first-order chi connectivity index (χ1) is 11.3. The zero-order chi connectivity index (χ0) is 16.3. The third-order valence-corrected chi connectivity index (χ3v) is 3.67. The van der Waals surface area contributed by atoms with Crippen molar-refractivity contribution in [2.75, 3.05) is 31.5 Å². The number of rotatable bonds is 10. The molecule has 0 heterocycles. The van der Waals surface area contributed by atoms with Gasteiger partial charge in [-0.15, -0.1) is 0 Å². The summed E-state index contributed by atoms with van der Waals surface area (Å²) in [5, 5.41) is 3.49. The summed E-state index contributed by atoms with van der Waals surface area (Å²) in [5.41, 5.74) is 1.14. The van der Waals surface area contributed by atoms with Crippen LogP contribution < -0.4 is 10.1 Å². The molecule has 3 nitrogen and oxygen atoms in total. The van der Waals surface area contributed by atoms with Crippen molar-refractivity contribution >= 4 is 5.69 Å². The maximum Gasteiger partial charge on any atom is 0.127 e. The molecule has 0 aromatic heterocycles. The highest BCUT2D eigenvalue weighted by Crippen LogP contribution is 2.22. The van der Waals surface area contributed by atoms with E-state index in [2.05, 4.69) is 36.2 Å². The summed E-state index contributed by atoms with van der Waals surface area (Å²) in [7, 11) is 0. The van der Waals surface area contributed by atoms with Gasteiger partial charge in [-0.2, -0.15) is 0 Å². The Bertz CT molecular complexity index is 533. The van der Waals surface area contributed by atoms with E-state index in [-0.39, 0.29) is 0 Å². The molecule has 0 atom stereocenters. The standard InChI is InChI=1S/C20H28N2O/c1-3-15-22(16-4-2)17-14-21-18-10-12-20(13-11-18)23-19-8-6-5-7-9-19/h5-13,21H,3-4,14-17H2,1-2H3. The van der Waals surface area contributed by atoms with E-state index in [0.29, 0.717) is 0 Å². The van der Waals surface area contributed by atoms with Crippen molar-refractivity contribution in [2.45, 2.75) is 26.7 Å². The van der Waals surface area contributed by atoms with Gasteiger partial charge in [0.1, 0.15) is 11.5 Å². The van der Waals surface area contributed by atoms with E-state index < -0.39 is 0 Å². The summed E-state index contributed by atoms with van der Waals surface area (Å²) in [5.74, 6) is 1.73. The van der Waals surface area contributed by atoms with Gasteiger partial charge in [0.05, 0.1) is 0 Å². The van der Waals surface area contributed by atoms with E-state index >= 15 is 0 Å². The van der Waals surface area contributed by atoms with Crippen molar-refractivity contribution in [1.29, 1.82) is 0 Å². The second-order valence-electron chi connectivity index (χ2n) is 5.71. The van der Waals surface area contributed by atoms with Crippen LogP contribution in [-0.2, 0) is 0 Å². The highest BCUT2D eigenvalue weighted by atomic mass is 16.5. The Morgan fingerprint density at radius 1 is 0.783 bits per heavy atom. The SMILES string of the molecule is CCCN(CCC)CCNc1ccc(Oc2ccccc2)cc1. The van der Waals surface area contributed by atoms with Crippen molar-refractivity contribution in [3.8, 4) is 11.5 Å². The second kappa shape index (κ2) is 9.90. The molecule has 0 saturated carbocycles. The quantitative estimate of drug-likeness (QED) is 0.667. The number of benzene rings is 2. The van der Waals surface area contributed by atoms with Gasteiger partial charge in [0.2, 0.25) is 0 Å². The van der Waals surface area contributed by atoms with Gasteiger partial charge in [-0.25, -0.2) is 0 Å². The van der Waals surface area contributed by atoms with E-state index in [1.54, 1.807) is 0 Å². The molecule has 0 saturated heterocycles. The molecule has 0 aliphatic heterocycles. The summed E-state index contributed by atoms with van der Waals surface area (Å²) in [6, 6.07) is 18.0. The summed E-state index contributed by atoms with van der Waals surface area (Å²) in [4.78, 5) is 2.51. The van der Waals surface area contributed by atoms with Gasteiger partial charge < -0.3 is 15.0 Å². The first-order valence-corrected chi connectivity index (χ1v) is 8.61. The number of para-hydroxylation sites is 1. The average Bonchev–Trinajstić information content (AvgIpc) is 2.58. The van der Waals surface area contributed by atoms with Gasteiger partial charge in [0.25, 0.3) is 0 Å². The molecule has 0 bridgehead atoms. The van der Waals surface area contributed by atoms with Crippen LogP contribution in [0, 0.1) is 0 Å². The van der Waals surface area contributed by atoms with Crippen LogP contribution in [0.2, 0.25) is 0 Å². The van der Waals surface area contributed by atoms with Gasteiger partial charge in [0.15, 0.2) is 0 Å². The molecule has 0 unspecified atom stereocenters. The minimum atomic E-state index is 0.861. The van der Waals surface area contributed by atoms with Crippen LogP contribution in [0.1, 0.15) is 26.7 Å². The monoisotopic (exact) mass is 312 g/mol. The highest BCUT2D eigenvalue weighted by molar-refractivity contribution is 5.47. The number of hydrogen-bond acceptors (Lipinski definition) is 3. The second-order valence-corrected chi connectivity index (χ2v) is 5.71. The lowest BCUT2D eigenvalue weighted by molar-refractivity contribution is 0.285. The molecule has 2 aromatic rings. The first kappa shape index (κ1) is 17.4.